The monoisotopic (exact) mass is 386 g/mol. The van der Waals surface area contributed by atoms with Crippen molar-refractivity contribution in [1.29, 1.82) is 0 Å². The molecule has 1 aliphatic rings. The number of pyridine rings is 1. The summed E-state index contributed by atoms with van der Waals surface area (Å²) in [5, 5.41) is 11.3. The minimum absolute atomic E-state index is 0.0615. The first-order valence-corrected chi connectivity index (χ1v) is 8.83. The summed E-state index contributed by atoms with van der Waals surface area (Å²) < 4.78 is 0. The standard InChI is InChI=1S/C18H26N8O2/c1-18(2)10-11-6-7-12(23-14(11)25-15(18)28)24-17(21-5)26-16(20-4)22-9-8-13(27)19-3/h6-7H,4,8-10H2,1-3,5H3,(H,19,27)(H3,21,22,23,24,25,26,28). The lowest BCUT2D eigenvalue weighted by Crippen LogP contribution is -2.38. The lowest BCUT2D eigenvalue weighted by molar-refractivity contribution is -0.124. The Kier molecular flexibility index (Phi) is 6.80. The molecule has 0 bridgehead atoms. The third-order valence-corrected chi connectivity index (χ3v) is 4.19. The van der Waals surface area contributed by atoms with Gasteiger partial charge in [-0.25, -0.2) is 9.98 Å². The third-order valence-electron chi connectivity index (χ3n) is 4.19. The maximum atomic E-state index is 12.2. The van der Waals surface area contributed by atoms with Crippen LogP contribution in [0.2, 0.25) is 0 Å². The molecule has 150 valence electrons. The molecular formula is C18H26N8O2. The highest BCUT2D eigenvalue weighted by Crippen LogP contribution is 2.32. The zero-order chi connectivity index (χ0) is 20.7. The summed E-state index contributed by atoms with van der Waals surface area (Å²) in [7, 11) is 3.15. The molecule has 1 aromatic heterocycles. The fourth-order valence-electron chi connectivity index (χ4n) is 2.53. The average Bonchev–Trinajstić information content (AvgIpc) is 2.67. The van der Waals surface area contributed by atoms with Crippen LogP contribution in [-0.4, -0.2) is 56.1 Å². The number of carbonyl (C=O) groups excluding carboxylic acids is 2. The van der Waals surface area contributed by atoms with Gasteiger partial charge in [-0.3, -0.25) is 24.9 Å². The largest absolute Gasteiger partial charge is 0.359 e. The van der Waals surface area contributed by atoms with E-state index in [0.29, 0.717) is 24.0 Å². The van der Waals surface area contributed by atoms with Crippen LogP contribution >= 0.6 is 0 Å². The Hall–Kier alpha value is -3.30. The Bertz CT molecular complexity index is 829. The van der Waals surface area contributed by atoms with Crippen LogP contribution in [0.5, 0.6) is 0 Å². The number of guanidine groups is 2. The molecule has 0 unspecified atom stereocenters. The van der Waals surface area contributed by atoms with Crippen molar-refractivity contribution in [2.45, 2.75) is 26.7 Å². The van der Waals surface area contributed by atoms with Gasteiger partial charge in [-0.1, -0.05) is 19.9 Å². The van der Waals surface area contributed by atoms with Crippen molar-refractivity contribution in [1.82, 2.24) is 15.6 Å². The number of nitrogens with one attached hydrogen (secondary N) is 4. The highest BCUT2D eigenvalue weighted by molar-refractivity contribution is 6.06. The number of aromatic nitrogens is 1. The normalized spacial score (nSPS) is 15.9. The molecule has 28 heavy (non-hydrogen) atoms. The van der Waals surface area contributed by atoms with E-state index in [-0.39, 0.29) is 30.7 Å². The zero-order valence-electron chi connectivity index (χ0n) is 16.6. The number of amides is 2. The summed E-state index contributed by atoms with van der Waals surface area (Å²) in [5.41, 5.74) is 0.513. The van der Waals surface area contributed by atoms with Crippen molar-refractivity contribution >= 4 is 42.1 Å². The van der Waals surface area contributed by atoms with E-state index in [1.54, 1.807) is 14.1 Å². The Morgan fingerprint density at radius 1 is 1.39 bits per heavy atom. The molecule has 10 nitrogen and oxygen atoms in total. The van der Waals surface area contributed by atoms with E-state index in [4.69, 9.17) is 0 Å². The van der Waals surface area contributed by atoms with Crippen LogP contribution in [0.1, 0.15) is 25.8 Å². The smallest absolute Gasteiger partial charge is 0.231 e. The second kappa shape index (κ2) is 9.07. The van der Waals surface area contributed by atoms with Crippen LogP contribution < -0.4 is 21.3 Å². The first-order chi connectivity index (χ1) is 13.3. The highest BCUT2D eigenvalue weighted by Gasteiger charge is 2.34. The van der Waals surface area contributed by atoms with E-state index in [9.17, 15) is 9.59 Å². The molecule has 0 saturated carbocycles. The van der Waals surface area contributed by atoms with Gasteiger partial charge in [0, 0.05) is 25.9 Å². The van der Waals surface area contributed by atoms with Gasteiger partial charge in [0.05, 0.1) is 6.54 Å². The van der Waals surface area contributed by atoms with Gasteiger partial charge in [0.1, 0.15) is 11.6 Å². The van der Waals surface area contributed by atoms with Gasteiger partial charge >= 0.3 is 0 Å². The van der Waals surface area contributed by atoms with Crippen LogP contribution in [0.4, 0.5) is 11.6 Å². The Morgan fingerprint density at radius 2 is 2.14 bits per heavy atom. The van der Waals surface area contributed by atoms with E-state index in [1.807, 2.05) is 26.0 Å². The van der Waals surface area contributed by atoms with Crippen molar-refractivity contribution < 1.29 is 9.59 Å². The summed E-state index contributed by atoms with van der Waals surface area (Å²) in [6.07, 6.45) is 0.864. The summed E-state index contributed by atoms with van der Waals surface area (Å²) in [6, 6.07) is 3.73. The number of rotatable bonds is 4. The molecule has 2 amide bonds. The van der Waals surface area contributed by atoms with E-state index < -0.39 is 5.41 Å². The fraction of sp³-hybridized carbons (Fsp3) is 0.444. The van der Waals surface area contributed by atoms with Crippen molar-refractivity contribution in [3.8, 4) is 0 Å². The molecule has 2 heterocycles. The average molecular weight is 386 g/mol. The minimum Gasteiger partial charge on any atom is -0.359 e. The number of hydrogen-bond acceptors (Lipinski definition) is 5. The highest BCUT2D eigenvalue weighted by atomic mass is 16.2. The van der Waals surface area contributed by atoms with Gasteiger partial charge in [0.15, 0.2) is 0 Å². The summed E-state index contributed by atoms with van der Waals surface area (Å²) >= 11 is 0. The van der Waals surface area contributed by atoms with Gasteiger partial charge in [0.25, 0.3) is 0 Å². The second-order valence-corrected chi connectivity index (χ2v) is 6.83. The molecular weight excluding hydrogens is 360 g/mol. The van der Waals surface area contributed by atoms with Gasteiger partial charge in [0.2, 0.25) is 23.7 Å². The molecule has 0 aliphatic carbocycles. The Morgan fingerprint density at radius 3 is 2.79 bits per heavy atom. The minimum atomic E-state index is -0.461. The molecule has 4 N–H and O–H groups in total. The summed E-state index contributed by atoms with van der Waals surface area (Å²) in [5.74, 6) is 1.43. The molecule has 0 saturated heterocycles. The lowest BCUT2D eigenvalue weighted by Gasteiger charge is -2.29. The van der Waals surface area contributed by atoms with Gasteiger partial charge in [-0.05, 0) is 24.8 Å². The van der Waals surface area contributed by atoms with Crippen molar-refractivity contribution in [2.24, 2.45) is 20.4 Å². The van der Waals surface area contributed by atoms with E-state index in [1.165, 1.54) is 0 Å². The molecule has 0 fully saturated rings. The van der Waals surface area contributed by atoms with Crippen LogP contribution in [0.25, 0.3) is 0 Å². The number of aliphatic imine (C=N–C) groups is 3. The van der Waals surface area contributed by atoms with E-state index in [0.717, 1.165) is 5.56 Å². The topological polar surface area (TPSA) is 132 Å². The van der Waals surface area contributed by atoms with Gasteiger partial charge < -0.3 is 16.0 Å². The predicted octanol–water partition coefficient (Wildman–Crippen LogP) is 0.782. The molecule has 0 spiro atoms. The molecule has 0 radical (unpaired) electrons. The lowest BCUT2D eigenvalue weighted by atomic mass is 9.82. The molecule has 10 heteroatoms. The predicted molar refractivity (Wildman–Crippen MR) is 111 cm³/mol. The first kappa shape index (κ1) is 21.0. The van der Waals surface area contributed by atoms with Crippen molar-refractivity contribution in [3.05, 3.63) is 17.7 Å². The molecule has 0 atom stereocenters. The maximum Gasteiger partial charge on any atom is 0.231 e. The summed E-state index contributed by atoms with van der Waals surface area (Å²) in [6.45, 7) is 7.52. The van der Waals surface area contributed by atoms with E-state index >= 15 is 0 Å². The molecule has 1 aliphatic heterocycles. The van der Waals surface area contributed by atoms with Gasteiger partial charge in [-0.15, -0.1) is 0 Å². The Balaban J connectivity index is 2.06. The Labute approximate surface area is 164 Å². The summed E-state index contributed by atoms with van der Waals surface area (Å²) in [4.78, 5) is 39.9. The number of anilines is 2. The fourth-order valence-corrected chi connectivity index (χ4v) is 2.53. The van der Waals surface area contributed by atoms with Crippen molar-refractivity contribution in [3.63, 3.8) is 0 Å². The zero-order valence-corrected chi connectivity index (χ0v) is 16.6. The third kappa shape index (κ3) is 5.35. The molecule has 1 aromatic rings. The maximum absolute atomic E-state index is 12.2. The SMILES string of the molecule is C=NC(=NCCC(=O)NC)NC(=NC)Nc1ccc2c(n1)NC(=O)C(C)(C)C2. The molecule has 0 aromatic carbocycles. The van der Waals surface area contributed by atoms with Crippen LogP contribution in [0.15, 0.2) is 27.1 Å². The first-order valence-electron chi connectivity index (χ1n) is 8.83. The van der Waals surface area contributed by atoms with Crippen LogP contribution in [-0.2, 0) is 16.0 Å². The van der Waals surface area contributed by atoms with Crippen LogP contribution in [0, 0.1) is 5.41 Å². The number of fused-ring (bicyclic) bond motifs is 1. The molecule has 2 rings (SSSR count). The number of carbonyl (C=O) groups is 2. The quantitative estimate of drug-likeness (QED) is 0.448. The van der Waals surface area contributed by atoms with Crippen LogP contribution in [0.3, 0.4) is 0 Å². The number of hydrogen-bond donors (Lipinski definition) is 4. The van der Waals surface area contributed by atoms with E-state index in [2.05, 4.69) is 47.9 Å². The van der Waals surface area contributed by atoms with Gasteiger partial charge in [-0.2, -0.15) is 0 Å². The second-order valence-electron chi connectivity index (χ2n) is 6.83. The van der Waals surface area contributed by atoms with Crippen molar-refractivity contribution in [2.75, 3.05) is 31.3 Å². The number of nitrogens with zero attached hydrogens (tertiary/aromatic N) is 4.